The highest BCUT2D eigenvalue weighted by molar-refractivity contribution is 6.02. The first kappa shape index (κ1) is 37.8. The zero-order valence-electron chi connectivity index (χ0n) is 32.9. The molecule has 0 spiro atoms. The van der Waals surface area contributed by atoms with Gasteiger partial charge < -0.3 is 40.1 Å². The highest BCUT2D eigenvalue weighted by Crippen LogP contribution is 2.35. The fourth-order valence-corrected chi connectivity index (χ4v) is 9.58. The lowest BCUT2D eigenvalue weighted by Crippen LogP contribution is -2.49. The van der Waals surface area contributed by atoms with Crippen molar-refractivity contribution in [1.29, 1.82) is 0 Å². The molecule has 0 bridgehead atoms. The molecule has 9 rings (SSSR count). The lowest BCUT2D eigenvalue weighted by Gasteiger charge is -2.37. The van der Waals surface area contributed by atoms with E-state index in [0.29, 0.717) is 54.1 Å². The van der Waals surface area contributed by atoms with Gasteiger partial charge in [0.15, 0.2) is 17.1 Å². The zero-order chi connectivity index (χ0) is 39.9. The highest BCUT2D eigenvalue weighted by Gasteiger charge is 2.36. The predicted molar refractivity (Wildman–Crippen MR) is 218 cm³/mol. The van der Waals surface area contributed by atoms with E-state index in [9.17, 15) is 19.2 Å². The van der Waals surface area contributed by atoms with Crippen molar-refractivity contribution in [2.45, 2.75) is 62.8 Å². The van der Waals surface area contributed by atoms with Gasteiger partial charge in [-0.15, -0.1) is 0 Å². The van der Waals surface area contributed by atoms with Crippen molar-refractivity contribution in [2.75, 3.05) is 81.1 Å². The van der Waals surface area contributed by atoms with Gasteiger partial charge in [0.2, 0.25) is 11.8 Å². The summed E-state index contributed by atoms with van der Waals surface area (Å²) in [6.07, 6.45) is 7.55. The Morgan fingerprint density at radius 3 is 2.52 bits per heavy atom. The maximum absolute atomic E-state index is 12.7. The Bertz CT molecular complexity index is 2200. The minimum absolute atomic E-state index is 0.0703. The topological polar surface area (TPSA) is 186 Å². The quantitative estimate of drug-likeness (QED) is 0.196. The Kier molecular flexibility index (Phi) is 10.3. The number of amides is 5. The molecule has 2 aromatic carbocycles. The number of anilines is 4. The summed E-state index contributed by atoms with van der Waals surface area (Å²) < 4.78 is 5.68. The second-order valence-corrected chi connectivity index (χ2v) is 16.6. The minimum Gasteiger partial charge on any atom is -0.371 e. The van der Waals surface area contributed by atoms with Crippen LogP contribution in [0.15, 0.2) is 53.2 Å². The molecule has 4 aromatic rings. The van der Waals surface area contributed by atoms with Crippen molar-refractivity contribution in [3.8, 4) is 0 Å². The van der Waals surface area contributed by atoms with Crippen LogP contribution in [0.5, 0.6) is 0 Å². The number of urea groups is 1. The molecular weight excluding hydrogens is 739 g/mol. The van der Waals surface area contributed by atoms with Crippen molar-refractivity contribution in [3.63, 3.8) is 0 Å². The summed E-state index contributed by atoms with van der Waals surface area (Å²) in [5.74, 6) is 0.365. The van der Waals surface area contributed by atoms with Crippen LogP contribution in [0.2, 0.25) is 0 Å². The number of rotatable bonds is 10. The number of carbonyl (C=O) groups is 4. The van der Waals surface area contributed by atoms with Gasteiger partial charge in [0.05, 0.1) is 18.2 Å². The number of nitrogens with two attached hydrogens (primary N) is 1. The Morgan fingerprint density at radius 2 is 1.76 bits per heavy atom. The van der Waals surface area contributed by atoms with Crippen LogP contribution in [0.3, 0.4) is 0 Å². The normalized spacial score (nSPS) is 23.6. The number of nitrogens with zero attached hydrogens (tertiary/aromatic N) is 8. The number of fused-ring (bicyclic) bond motifs is 1. The predicted octanol–water partition coefficient (Wildman–Crippen LogP) is 4.02. The summed E-state index contributed by atoms with van der Waals surface area (Å²) in [7, 11) is 1.84. The first-order chi connectivity index (χ1) is 28.2. The standard InChI is InChI=1S/C42H51N11O5/c1-49-19-20-53(42(49)57)31-3-2-15-52(25-31)35-22-44-38(39(43)55)40(46-35)45-29-6-4-27(5-7-29)28-13-16-50(17-14-28)23-26-12-18-51(24-26)30-8-9-32-34(21-30)58-48-37(32)33-10-11-36(54)47-41(33)56/h4-9,21-22,26,28,31,33H,2-3,10-20,23-25H2,1H3,(H2,43,55)(H,45,46)(H,47,54,56)/t26?,31-,33?/m1/s1. The first-order valence-corrected chi connectivity index (χ1v) is 20.7. The molecule has 5 aliphatic heterocycles. The molecule has 0 aliphatic carbocycles. The van der Waals surface area contributed by atoms with Crippen molar-refractivity contribution in [2.24, 2.45) is 11.7 Å². The summed E-state index contributed by atoms with van der Waals surface area (Å²) in [5, 5.41) is 10.8. The molecule has 2 unspecified atom stereocenters. The fourth-order valence-electron chi connectivity index (χ4n) is 9.58. The molecule has 5 amide bonds. The third-order valence-corrected chi connectivity index (χ3v) is 12.9. The van der Waals surface area contributed by atoms with E-state index in [4.69, 9.17) is 15.2 Å². The van der Waals surface area contributed by atoms with E-state index >= 15 is 0 Å². The summed E-state index contributed by atoms with van der Waals surface area (Å²) in [5.41, 5.74) is 10.3. The van der Waals surface area contributed by atoms with Crippen molar-refractivity contribution in [3.05, 3.63) is 65.6 Å². The largest absolute Gasteiger partial charge is 0.371 e. The van der Waals surface area contributed by atoms with Gasteiger partial charge in [-0.25, -0.2) is 14.8 Å². The summed E-state index contributed by atoms with van der Waals surface area (Å²) >= 11 is 0. The van der Waals surface area contributed by atoms with Crippen LogP contribution < -0.4 is 26.2 Å². The van der Waals surface area contributed by atoms with Crippen molar-refractivity contribution < 1.29 is 23.7 Å². The molecule has 0 radical (unpaired) electrons. The van der Waals surface area contributed by atoms with Gasteiger partial charge in [0, 0.05) is 82.1 Å². The number of carbonyl (C=O) groups excluding carboxylic acids is 4. The number of imide groups is 1. The number of aromatic nitrogens is 3. The summed E-state index contributed by atoms with van der Waals surface area (Å²) in [4.78, 5) is 69.2. The molecule has 16 heteroatoms. The highest BCUT2D eigenvalue weighted by atomic mass is 16.5. The third kappa shape index (κ3) is 7.64. The lowest BCUT2D eigenvalue weighted by molar-refractivity contribution is -0.134. The van der Waals surface area contributed by atoms with E-state index in [1.165, 1.54) is 5.56 Å². The average molecular weight is 790 g/mol. The molecule has 0 saturated carbocycles. The molecule has 304 valence electrons. The number of hydrogen-bond acceptors (Lipinski definition) is 12. The second kappa shape index (κ2) is 15.9. The summed E-state index contributed by atoms with van der Waals surface area (Å²) in [6, 6.07) is 14.7. The zero-order valence-corrected chi connectivity index (χ0v) is 32.9. The Hall–Kier alpha value is -5.77. The number of likely N-dealkylation sites (N-methyl/N-ethyl adjacent to an activating group) is 1. The monoisotopic (exact) mass is 789 g/mol. The van der Waals surface area contributed by atoms with Crippen LogP contribution in [-0.4, -0.2) is 126 Å². The number of likely N-dealkylation sites (tertiary alicyclic amines) is 1. The molecule has 2 aromatic heterocycles. The van der Waals surface area contributed by atoms with Crippen LogP contribution in [0.1, 0.15) is 78.5 Å². The van der Waals surface area contributed by atoms with Crippen LogP contribution in [-0.2, 0) is 9.59 Å². The van der Waals surface area contributed by atoms with Gasteiger partial charge in [0.1, 0.15) is 11.5 Å². The molecule has 4 N–H and O–H groups in total. The molecule has 7 heterocycles. The summed E-state index contributed by atoms with van der Waals surface area (Å²) in [6.45, 7) is 8.07. The number of piperidine rings is 3. The molecular formula is C42H51N11O5. The maximum atomic E-state index is 12.7. The van der Waals surface area contributed by atoms with E-state index in [1.54, 1.807) is 11.1 Å². The Morgan fingerprint density at radius 1 is 0.931 bits per heavy atom. The van der Waals surface area contributed by atoms with E-state index in [-0.39, 0.29) is 29.6 Å². The third-order valence-electron chi connectivity index (χ3n) is 12.9. The SMILES string of the molecule is CN1CCN([C@@H]2CCCN(c3cnc(C(N)=O)c(Nc4ccc(C5CCN(CC6CCN(c7ccc8c(C9CCC(=O)NC9=O)noc8c7)C6)CC5)cc4)n3)C2)C1=O. The maximum Gasteiger partial charge on any atom is 0.320 e. The molecule has 58 heavy (non-hydrogen) atoms. The van der Waals surface area contributed by atoms with Crippen LogP contribution >= 0.6 is 0 Å². The average Bonchev–Trinajstić information content (AvgIpc) is 3.97. The molecule has 5 saturated heterocycles. The minimum atomic E-state index is -0.646. The van der Waals surface area contributed by atoms with Gasteiger partial charge in [-0.3, -0.25) is 19.7 Å². The number of nitrogens with one attached hydrogen (secondary N) is 2. The van der Waals surface area contributed by atoms with E-state index in [1.807, 2.05) is 36.2 Å². The van der Waals surface area contributed by atoms with Crippen LogP contribution in [0, 0.1) is 5.92 Å². The van der Waals surface area contributed by atoms with Crippen molar-refractivity contribution >= 4 is 57.7 Å². The van der Waals surface area contributed by atoms with Crippen LogP contribution in [0.25, 0.3) is 11.0 Å². The number of primary amides is 1. The van der Waals surface area contributed by atoms with Crippen molar-refractivity contribution in [1.82, 2.24) is 35.1 Å². The molecule has 5 fully saturated rings. The number of hydrogen-bond donors (Lipinski definition) is 3. The van der Waals surface area contributed by atoms with Gasteiger partial charge in [-0.1, -0.05) is 17.3 Å². The first-order valence-electron chi connectivity index (χ1n) is 20.7. The van der Waals surface area contributed by atoms with Gasteiger partial charge in [-0.2, -0.15) is 0 Å². The second-order valence-electron chi connectivity index (χ2n) is 16.6. The van der Waals surface area contributed by atoms with Gasteiger partial charge in [0.25, 0.3) is 5.91 Å². The fraction of sp³-hybridized carbons (Fsp3) is 0.500. The Labute approximate surface area is 337 Å². The van der Waals surface area contributed by atoms with E-state index < -0.39 is 11.8 Å². The smallest absolute Gasteiger partial charge is 0.320 e. The van der Waals surface area contributed by atoms with Gasteiger partial charge >= 0.3 is 6.03 Å². The molecule has 5 aliphatic rings. The lowest BCUT2D eigenvalue weighted by atomic mass is 9.89. The molecule has 16 nitrogen and oxygen atoms in total. The van der Waals surface area contributed by atoms with Crippen LogP contribution in [0.4, 0.5) is 27.8 Å². The number of benzene rings is 2. The van der Waals surface area contributed by atoms with E-state index in [0.717, 1.165) is 101 Å². The van der Waals surface area contributed by atoms with Gasteiger partial charge in [-0.05, 0) is 93.3 Å². The molecule has 3 atom stereocenters. The van der Waals surface area contributed by atoms with E-state index in [2.05, 4.69) is 53.7 Å². The Balaban J connectivity index is 0.772.